The van der Waals surface area contributed by atoms with Crippen LogP contribution in [0.3, 0.4) is 0 Å². The van der Waals surface area contributed by atoms with Crippen molar-refractivity contribution in [3.63, 3.8) is 0 Å². The van der Waals surface area contributed by atoms with Gasteiger partial charge in [-0.2, -0.15) is 5.26 Å². The Morgan fingerprint density at radius 3 is 2.32 bits per heavy atom. The minimum Gasteiger partial charge on any atom is -0.466 e. The zero-order valence-corrected chi connectivity index (χ0v) is 10.7. The minimum absolute atomic E-state index is 0.0161. The van der Waals surface area contributed by atoms with Crippen molar-refractivity contribution < 1.29 is 19.1 Å². The summed E-state index contributed by atoms with van der Waals surface area (Å²) in [5, 5.41) is 8.72. The average Bonchev–Trinajstić information content (AvgIpc) is 2.43. The molecule has 98 valence electrons. The molecule has 0 aromatic heterocycles. The maximum Gasteiger partial charge on any atom is 0.337 e. The molecule has 1 aromatic carbocycles. The van der Waals surface area contributed by atoms with Crippen LogP contribution in [0.5, 0.6) is 0 Å². The Bertz CT molecular complexity index is 540. The van der Waals surface area contributed by atoms with E-state index in [1.807, 2.05) is 6.07 Å². The third-order valence-corrected chi connectivity index (χ3v) is 2.39. The smallest absolute Gasteiger partial charge is 0.337 e. The van der Waals surface area contributed by atoms with Gasteiger partial charge in [-0.3, -0.25) is 4.79 Å². The summed E-state index contributed by atoms with van der Waals surface area (Å²) in [6.45, 7) is 4.82. The molecule has 5 heteroatoms. The summed E-state index contributed by atoms with van der Waals surface area (Å²) in [6.07, 6.45) is -0.919. The first kappa shape index (κ1) is 14.5. The number of nitriles is 1. The molecule has 0 heterocycles. The molecule has 0 saturated heterocycles. The molecule has 19 heavy (non-hydrogen) atoms. The summed E-state index contributed by atoms with van der Waals surface area (Å²) in [6, 6.07) is 8.30. The van der Waals surface area contributed by atoms with E-state index in [1.165, 1.54) is 14.0 Å². The third-order valence-electron chi connectivity index (χ3n) is 2.39. The number of esters is 2. The molecular formula is C14H13NO4. The lowest BCUT2D eigenvalue weighted by Gasteiger charge is -2.18. The van der Waals surface area contributed by atoms with Crippen LogP contribution in [0.1, 0.15) is 24.2 Å². The Balaban J connectivity index is 3.09. The van der Waals surface area contributed by atoms with Crippen LogP contribution < -0.4 is 0 Å². The highest BCUT2D eigenvalue weighted by atomic mass is 16.6. The zero-order valence-electron chi connectivity index (χ0n) is 10.7. The standard InChI is InChI=1S/C14H13NO4/c1-9(14(17)18-3)13(19-10(2)16)12-6-4-11(8-15)5-7-12/h4-7,13H,1H2,2-3H3. The third kappa shape index (κ3) is 3.68. The van der Waals surface area contributed by atoms with Gasteiger partial charge in [-0.05, 0) is 17.7 Å². The summed E-state index contributed by atoms with van der Waals surface area (Å²) in [5.74, 6) is -1.20. The monoisotopic (exact) mass is 259 g/mol. The number of carbonyl (C=O) groups is 2. The van der Waals surface area contributed by atoms with Gasteiger partial charge in [-0.1, -0.05) is 18.7 Å². The van der Waals surface area contributed by atoms with Gasteiger partial charge in [0.1, 0.15) is 0 Å². The van der Waals surface area contributed by atoms with Crippen LogP contribution in [-0.2, 0) is 19.1 Å². The highest BCUT2D eigenvalue weighted by Crippen LogP contribution is 2.26. The number of methoxy groups -OCH3 is 1. The second-order valence-corrected chi connectivity index (χ2v) is 3.74. The number of carbonyl (C=O) groups excluding carboxylic acids is 2. The highest BCUT2D eigenvalue weighted by molar-refractivity contribution is 5.89. The lowest BCUT2D eigenvalue weighted by atomic mass is 10.0. The van der Waals surface area contributed by atoms with Crippen LogP contribution >= 0.6 is 0 Å². The SMILES string of the molecule is C=C(C(=O)OC)C(OC(C)=O)c1ccc(C#N)cc1. The Hall–Kier alpha value is -2.61. The average molecular weight is 259 g/mol. The molecule has 1 rings (SSSR count). The van der Waals surface area contributed by atoms with Gasteiger partial charge in [0.25, 0.3) is 0 Å². The van der Waals surface area contributed by atoms with Crippen molar-refractivity contribution >= 4 is 11.9 Å². The molecule has 1 aromatic rings. The van der Waals surface area contributed by atoms with Gasteiger partial charge < -0.3 is 9.47 Å². The maximum atomic E-state index is 11.5. The molecule has 0 saturated carbocycles. The van der Waals surface area contributed by atoms with Crippen LogP contribution in [0.2, 0.25) is 0 Å². The van der Waals surface area contributed by atoms with E-state index in [0.717, 1.165) is 0 Å². The van der Waals surface area contributed by atoms with E-state index >= 15 is 0 Å². The van der Waals surface area contributed by atoms with Crippen LogP contribution in [0.25, 0.3) is 0 Å². The molecule has 0 aliphatic carbocycles. The second-order valence-electron chi connectivity index (χ2n) is 3.74. The van der Waals surface area contributed by atoms with Gasteiger partial charge in [0.2, 0.25) is 0 Å². The molecule has 0 amide bonds. The maximum absolute atomic E-state index is 11.5. The number of nitrogens with zero attached hydrogens (tertiary/aromatic N) is 1. The molecule has 0 spiro atoms. The van der Waals surface area contributed by atoms with E-state index in [2.05, 4.69) is 11.3 Å². The van der Waals surface area contributed by atoms with E-state index in [-0.39, 0.29) is 5.57 Å². The van der Waals surface area contributed by atoms with Crippen molar-refractivity contribution in [1.82, 2.24) is 0 Å². The summed E-state index contributed by atoms with van der Waals surface area (Å²) in [7, 11) is 1.22. The van der Waals surface area contributed by atoms with Gasteiger partial charge in [0, 0.05) is 6.92 Å². The van der Waals surface area contributed by atoms with Crippen LogP contribution in [0.4, 0.5) is 0 Å². The van der Waals surface area contributed by atoms with Crippen molar-refractivity contribution in [2.24, 2.45) is 0 Å². The lowest BCUT2D eigenvalue weighted by molar-refractivity contribution is -0.147. The predicted molar refractivity (Wildman–Crippen MR) is 66.8 cm³/mol. The van der Waals surface area contributed by atoms with Crippen molar-refractivity contribution in [3.8, 4) is 6.07 Å². The van der Waals surface area contributed by atoms with Crippen LogP contribution in [0, 0.1) is 11.3 Å². The summed E-state index contributed by atoms with van der Waals surface area (Å²) >= 11 is 0. The van der Waals surface area contributed by atoms with E-state index in [4.69, 9.17) is 10.00 Å². The van der Waals surface area contributed by atoms with Crippen LogP contribution in [-0.4, -0.2) is 19.0 Å². The second kappa shape index (κ2) is 6.36. The lowest BCUT2D eigenvalue weighted by Crippen LogP contribution is -2.17. The van der Waals surface area contributed by atoms with Gasteiger partial charge >= 0.3 is 11.9 Å². The first-order valence-corrected chi connectivity index (χ1v) is 5.44. The van der Waals surface area contributed by atoms with E-state index in [1.54, 1.807) is 24.3 Å². The first-order chi connectivity index (χ1) is 8.99. The molecule has 5 nitrogen and oxygen atoms in total. The Morgan fingerprint density at radius 1 is 1.32 bits per heavy atom. The fourth-order valence-corrected chi connectivity index (χ4v) is 1.48. The topological polar surface area (TPSA) is 76.4 Å². The molecule has 0 bridgehead atoms. The normalized spacial score (nSPS) is 11.0. The van der Waals surface area contributed by atoms with Gasteiger partial charge in [-0.15, -0.1) is 0 Å². The molecule has 0 fully saturated rings. The number of rotatable bonds is 4. The van der Waals surface area contributed by atoms with Gasteiger partial charge in [0.05, 0.1) is 24.3 Å². The fourth-order valence-electron chi connectivity index (χ4n) is 1.48. The Kier molecular flexibility index (Phi) is 4.84. The van der Waals surface area contributed by atoms with Gasteiger partial charge in [0.15, 0.2) is 6.10 Å². The first-order valence-electron chi connectivity index (χ1n) is 5.44. The van der Waals surface area contributed by atoms with E-state index < -0.39 is 18.0 Å². The largest absolute Gasteiger partial charge is 0.466 e. The number of benzene rings is 1. The molecule has 0 N–H and O–H groups in total. The summed E-state index contributed by atoms with van der Waals surface area (Å²) < 4.78 is 9.63. The van der Waals surface area contributed by atoms with Crippen molar-refractivity contribution in [2.45, 2.75) is 13.0 Å². The number of hydrogen-bond acceptors (Lipinski definition) is 5. The fraction of sp³-hybridized carbons (Fsp3) is 0.214. The molecule has 0 aliphatic rings. The van der Waals surface area contributed by atoms with Crippen molar-refractivity contribution in [1.29, 1.82) is 5.26 Å². The molecule has 1 atom stereocenters. The quantitative estimate of drug-likeness (QED) is 0.609. The zero-order chi connectivity index (χ0) is 14.4. The van der Waals surface area contributed by atoms with Crippen molar-refractivity contribution in [3.05, 3.63) is 47.5 Å². The minimum atomic E-state index is -0.919. The van der Waals surface area contributed by atoms with E-state index in [9.17, 15) is 9.59 Å². The van der Waals surface area contributed by atoms with Gasteiger partial charge in [-0.25, -0.2) is 4.79 Å². The van der Waals surface area contributed by atoms with Crippen LogP contribution in [0.15, 0.2) is 36.4 Å². The molecular weight excluding hydrogens is 246 g/mol. The molecule has 0 radical (unpaired) electrons. The number of hydrogen-bond donors (Lipinski definition) is 0. The highest BCUT2D eigenvalue weighted by Gasteiger charge is 2.24. The van der Waals surface area contributed by atoms with E-state index in [0.29, 0.717) is 11.1 Å². The molecule has 1 unspecified atom stereocenters. The Morgan fingerprint density at radius 2 is 1.89 bits per heavy atom. The summed E-state index contributed by atoms with van der Waals surface area (Å²) in [5.41, 5.74) is 1.03. The predicted octanol–water partition coefficient (Wildman–Crippen LogP) is 1.89. The number of ether oxygens (including phenoxy) is 2. The Labute approximate surface area is 111 Å². The molecule has 0 aliphatic heterocycles. The van der Waals surface area contributed by atoms with Crippen molar-refractivity contribution in [2.75, 3.05) is 7.11 Å². The summed E-state index contributed by atoms with van der Waals surface area (Å²) in [4.78, 5) is 22.6.